The third kappa shape index (κ3) is 4.64. The smallest absolute Gasteiger partial charge is 0.238 e. The SMILES string of the molecule is C[C@@H](NCc1ccsc1)C(=O)N(C)C.Cl. The maximum Gasteiger partial charge on any atom is 0.238 e. The van der Waals surface area contributed by atoms with Crippen LogP contribution in [0.3, 0.4) is 0 Å². The molecule has 0 aliphatic carbocycles. The predicted molar refractivity (Wildman–Crippen MR) is 66.6 cm³/mol. The number of hydrogen-bond donors (Lipinski definition) is 1. The number of halogens is 1. The van der Waals surface area contributed by atoms with Crippen molar-refractivity contribution in [3.63, 3.8) is 0 Å². The van der Waals surface area contributed by atoms with Crippen molar-refractivity contribution in [3.05, 3.63) is 22.4 Å². The monoisotopic (exact) mass is 248 g/mol. The highest BCUT2D eigenvalue weighted by molar-refractivity contribution is 7.07. The molecule has 1 amide bonds. The van der Waals surface area contributed by atoms with E-state index in [-0.39, 0.29) is 24.4 Å². The highest BCUT2D eigenvalue weighted by Gasteiger charge is 2.13. The zero-order chi connectivity index (χ0) is 10.6. The van der Waals surface area contributed by atoms with E-state index >= 15 is 0 Å². The number of carbonyl (C=O) groups is 1. The van der Waals surface area contributed by atoms with E-state index in [1.165, 1.54) is 5.56 Å². The van der Waals surface area contributed by atoms with Gasteiger partial charge in [-0.3, -0.25) is 4.79 Å². The Hall–Kier alpha value is -0.580. The lowest BCUT2D eigenvalue weighted by Gasteiger charge is -2.17. The Morgan fingerprint density at radius 1 is 1.60 bits per heavy atom. The van der Waals surface area contributed by atoms with Crippen molar-refractivity contribution in [1.82, 2.24) is 10.2 Å². The van der Waals surface area contributed by atoms with Gasteiger partial charge in [0.2, 0.25) is 5.91 Å². The zero-order valence-electron chi connectivity index (χ0n) is 9.19. The summed E-state index contributed by atoms with van der Waals surface area (Å²) < 4.78 is 0. The number of rotatable bonds is 4. The first-order valence-electron chi connectivity index (χ1n) is 4.57. The molecular weight excluding hydrogens is 232 g/mol. The summed E-state index contributed by atoms with van der Waals surface area (Å²) in [6.07, 6.45) is 0. The van der Waals surface area contributed by atoms with Crippen molar-refractivity contribution in [2.75, 3.05) is 14.1 Å². The van der Waals surface area contributed by atoms with Gasteiger partial charge >= 0.3 is 0 Å². The molecule has 1 heterocycles. The molecule has 1 aromatic rings. The molecule has 0 radical (unpaired) electrons. The Bertz CT molecular complexity index is 288. The highest BCUT2D eigenvalue weighted by Crippen LogP contribution is 2.05. The van der Waals surface area contributed by atoms with E-state index in [1.807, 2.05) is 12.3 Å². The molecule has 0 aromatic carbocycles. The topological polar surface area (TPSA) is 32.3 Å². The van der Waals surface area contributed by atoms with Crippen molar-refractivity contribution in [2.45, 2.75) is 19.5 Å². The summed E-state index contributed by atoms with van der Waals surface area (Å²) >= 11 is 1.67. The van der Waals surface area contributed by atoms with Crippen molar-refractivity contribution in [3.8, 4) is 0 Å². The summed E-state index contributed by atoms with van der Waals surface area (Å²) in [6.45, 7) is 2.64. The number of nitrogens with zero attached hydrogens (tertiary/aromatic N) is 1. The average Bonchev–Trinajstić information content (AvgIpc) is 2.65. The number of hydrogen-bond acceptors (Lipinski definition) is 3. The molecule has 0 spiro atoms. The Labute approximate surface area is 101 Å². The molecule has 0 aliphatic heterocycles. The number of carbonyl (C=O) groups excluding carboxylic acids is 1. The van der Waals surface area contributed by atoms with Gasteiger partial charge in [0.15, 0.2) is 0 Å². The van der Waals surface area contributed by atoms with Crippen molar-refractivity contribution in [1.29, 1.82) is 0 Å². The molecule has 0 aliphatic rings. The van der Waals surface area contributed by atoms with E-state index < -0.39 is 0 Å². The van der Waals surface area contributed by atoms with Gasteiger partial charge in [0.1, 0.15) is 0 Å². The minimum atomic E-state index is -0.120. The molecule has 0 fully saturated rings. The molecule has 0 saturated heterocycles. The van der Waals surface area contributed by atoms with Crippen LogP contribution in [0.1, 0.15) is 12.5 Å². The van der Waals surface area contributed by atoms with Gasteiger partial charge in [-0.15, -0.1) is 12.4 Å². The van der Waals surface area contributed by atoms with E-state index in [0.717, 1.165) is 6.54 Å². The van der Waals surface area contributed by atoms with Gasteiger partial charge in [0, 0.05) is 20.6 Å². The minimum Gasteiger partial charge on any atom is -0.347 e. The van der Waals surface area contributed by atoms with Crippen LogP contribution in [0.25, 0.3) is 0 Å². The Morgan fingerprint density at radius 2 is 2.27 bits per heavy atom. The van der Waals surface area contributed by atoms with Crippen LogP contribution in [0.2, 0.25) is 0 Å². The van der Waals surface area contributed by atoms with Crippen LogP contribution in [0.5, 0.6) is 0 Å². The van der Waals surface area contributed by atoms with E-state index in [9.17, 15) is 4.79 Å². The van der Waals surface area contributed by atoms with Gasteiger partial charge in [-0.05, 0) is 29.3 Å². The molecule has 1 atom stereocenters. The predicted octanol–water partition coefficient (Wildman–Crippen LogP) is 1.74. The summed E-state index contributed by atoms with van der Waals surface area (Å²) in [5.74, 6) is 0.111. The van der Waals surface area contributed by atoms with Gasteiger partial charge in [0.25, 0.3) is 0 Å². The van der Waals surface area contributed by atoms with Crippen LogP contribution in [-0.4, -0.2) is 30.9 Å². The molecular formula is C10H17ClN2OS. The van der Waals surface area contributed by atoms with Crippen LogP contribution >= 0.6 is 23.7 Å². The number of likely N-dealkylation sites (N-methyl/N-ethyl adjacent to an activating group) is 1. The molecule has 5 heteroatoms. The van der Waals surface area contributed by atoms with Crippen molar-refractivity contribution in [2.24, 2.45) is 0 Å². The molecule has 0 saturated carbocycles. The minimum absolute atomic E-state index is 0. The van der Waals surface area contributed by atoms with Gasteiger partial charge in [-0.1, -0.05) is 0 Å². The zero-order valence-corrected chi connectivity index (χ0v) is 10.8. The van der Waals surface area contributed by atoms with Gasteiger partial charge in [-0.25, -0.2) is 0 Å². The first kappa shape index (κ1) is 14.4. The first-order valence-corrected chi connectivity index (χ1v) is 5.51. The van der Waals surface area contributed by atoms with E-state index in [0.29, 0.717) is 0 Å². The fourth-order valence-corrected chi connectivity index (χ4v) is 1.81. The molecule has 0 unspecified atom stereocenters. The number of amides is 1. The van der Waals surface area contributed by atoms with Crippen molar-refractivity contribution < 1.29 is 4.79 Å². The second-order valence-electron chi connectivity index (χ2n) is 3.47. The van der Waals surface area contributed by atoms with Crippen LogP contribution in [0, 0.1) is 0 Å². The van der Waals surface area contributed by atoms with E-state index in [2.05, 4.69) is 16.8 Å². The van der Waals surface area contributed by atoms with Gasteiger partial charge < -0.3 is 10.2 Å². The fourth-order valence-electron chi connectivity index (χ4n) is 1.14. The maximum absolute atomic E-state index is 11.5. The quantitative estimate of drug-likeness (QED) is 0.880. The molecule has 0 bridgehead atoms. The summed E-state index contributed by atoms with van der Waals surface area (Å²) in [5, 5.41) is 7.30. The molecule has 3 nitrogen and oxygen atoms in total. The summed E-state index contributed by atoms with van der Waals surface area (Å²) in [4.78, 5) is 13.1. The second kappa shape index (κ2) is 6.82. The third-order valence-corrected chi connectivity index (χ3v) is 2.74. The summed E-state index contributed by atoms with van der Waals surface area (Å²) in [6, 6.07) is 1.94. The third-order valence-electron chi connectivity index (χ3n) is 2.00. The Morgan fingerprint density at radius 3 is 2.73 bits per heavy atom. The largest absolute Gasteiger partial charge is 0.347 e. The molecule has 1 N–H and O–H groups in total. The summed E-state index contributed by atoms with van der Waals surface area (Å²) in [7, 11) is 3.54. The maximum atomic E-state index is 11.5. The Kier molecular flexibility index (Phi) is 6.56. The lowest BCUT2D eigenvalue weighted by Crippen LogP contribution is -2.41. The van der Waals surface area contributed by atoms with Gasteiger partial charge in [0.05, 0.1) is 6.04 Å². The van der Waals surface area contributed by atoms with Crippen LogP contribution in [-0.2, 0) is 11.3 Å². The molecule has 86 valence electrons. The molecule has 1 aromatic heterocycles. The first-order chi connectivity index (χ1) is 6.61. The van der Waals surface area contributed by atoms with E-state index in [4.69, 9.17) is 0 Å². The molecule has 15 heavy (non-hydrogen) atoms. The lowest BCUT2D eigenvalue weighted by molar-refractivity contribution is -0.130. The summed E-state index contributed by atoms with van der Waals surface area (Å²) in [5.41, 5.74) is 1.23. The van der Waals surface area contributed by atoms with Crippen LogP contribution in [0.15, 0.2) is 16.8 Å². The Balaban J connectivity index is 0.00000196. The van der Waals surface area contributed by atoms with Crippen LogP contribution < -0.4 is 5.32 Å². The molecule has 1 rings (SSSR count). The van der Waals surface area contributed by atoms with E-state index in [1.54, 1.807) is 30.3 Å². The highest BCUT2D eigenvalue weighted by atomic mass is 35.5. The van der Waals surface area contributed by atoms with Crippen molar-refractivity contribution >= 4 is 29.7 Å². The standard InChI is InChI=1S/C10H16N2OS.ClH/c1-8(10(13)12(2)3)11-6-9-4-5-14-7-9;/h4-5,7-8,11H,6H2,1-3H3;1H/t8-;/m1./s1. The normalized spacial score (nSPS) is 11.7. The number of nitrogens with one attached hydrogen (secondary N) is 1. The fraction of sp³-hybridized carbons (Fsp3) is 0.500. The average molecular weight is 249 g/mol. The van der Waals surface area contributed by atoms with Crippen LogP contribution in [0.4, 0.5) is 0 Å². The number of thiophene rings is 1. The lowest BCUT2D eigenvalue weighted by atomic mass is 10.2. The van der Waals surface area contributed by atoms with Gasteiger partial charge in [-0.2, -0.15) is 11.3 Å². The second-order valence-corrected chi connectivity index (χ2v) is 4.25.